The fourth-order valence-electron chi connectivity index (χ4n) is 1.95. The summed E-state index contributed by atoms with van der Waals surface area (Å²) in [5.41, 5.74) is 2.24. The number of rotatable bonds is 5. The number of hydrogen-bond donors (Lipinski definition) is 0. The summed E-state index contributed by atoms with van der Waals surface area (Å²) in [4.78, 5) is 0.191. The average Bonchev–Trinajstić information content (AvgIpc) is 2.42. The van der Waals surface area contributed by atoms with E-state index in [1.165, 1.54) is 17.7 Å². The Morgan fingerprint density at radius 3 is 2.20 bits per heavy atom. The first-order valence-electron chi connectivity index (χ1n) is 6.51. The van der Waals surface area contributed by atoms with Crippen LogP contribution in [-0.4, -0.2) is 14.5 Å². The molecule has 3 nitrogen and oxygen atoms in total. The molecule has 0 aromatic heterocycles. The highest BCUT2D eigenvalue weighted by molar-refractivity contribution is 7.86. The second-order valence-electron chi connectivity index (χ2n) is 4.86. The number of aryl methyl sites for hydroxylation is 1. The molecule has 0 bridgehead atoms. The molecule has 20 heavy (non-hydrogen) atoms. The zero-order chi connectivity index (χ0) is 14.6. The van der Waals surface area contributed by atoms with E-state index in [0.29, 0.717) is 6.42 Å². The van der Waals surface area contributed by atoms with Gasteiger partial charge in [0.05, 0.1) is 11.0 Å². The van der Waals surface area contributed by atoms with Crippen LogP contribution in [0, 0.1) is 6.92 Å². The SMILES string of the molecule is Cc1ccc(CC(C)OS(=O)(=O)c2ccccc2)cc1. The van der Waals surface area contributed by atoms with Crippen LogP contribution in [0.5, 0.6) is 0 Å². The highest BCUT2D eigenvalue weighted by atomic mass is 32.2. The fraction of sp³-hybridized carbons (Fsp3) is 0.250. The quantitative estimate of drug-likeness (QED) is 0.793. The Morgan fingerprint density at radius 1 is 1.00 bits per heavy atom. The molecular formula is C16H18O3S. The molecule has 0 N–H and O–H groups in total. The van der Waals surface area contributed by atoms with Crippen LogP contribution in [0.1, 0.15) is 18.1 Å². The topological polar surface area (TPSA) is 43.4 Å². The maximum atomic E-state index is 12.1. The maximum Gasteiger partial charge on any atom is 0.297 e. The van der Waals surface area contributed by atoms with Crippen LogP contribution in [0.3, 0.4) is 0 Å². The van der Waals surface area contributed by atoms with Gasteiger partial charge in [0.2, 0.25) is 0 Å². The normalized spacial score (nSPS) is 13.1. The van der Waals surface area contributed by atoms with Crippen LogP contribution < -0.4 is 0 Å². The lowest BCUT2D eigenvalue weighted by atomic mass is 10.1. The van der Waals surface area contributed by atoms with Crippen molar-refractivity contribution in [2.24, 2.45) is 0 Å². The Bertz CT molecular complexity index is 646. The minimum atomic E-state index is -3.69. The van der Waals surface area contributed by atoms with Crippen LogP contribution in [0.25, 0.3) is 0 Å². The summed E-state index contributed by atoms with van der Waals surface area (Å²) in [6.45, 7) is 3.78. The molecule has 0 spiro atoms. The molecule has 4 heteroatoms. The van der Waals surface area contributed by atoms with Gasteiger partial charge in [-0.2, -0.15) is 8.42 Å². The van der Waals surface area contributed by atoms with Gasteiger partial charge in [0.15, 0.2) is 0 Å². The van der Waals surface area contributed by atoms with E-state index in [1.54, 1.807) is 25.1 Å². The molecule has 0 radical (unpaired) electrons. The molecule has 1 unspecified atom stereocenters. The lowest BCUT2D eigenvalue weighted by molar-refractivity contribution is 0.229. The van der Waals surface area contributed by atoms with E-state index >= 15 is 0 Å². The lowest BCUT2D eigenvalue weighted by Gasteiger charge is -2.13. The molecule has 106 valence electrons. The summed E-state index contributed by atoms with van der Waals surface area (Å²) in [6.07, 6.45) is 0.162. The van der Waals surface area contributed by atoms with Crippen LogP contribution >= 0.6 is 0 Å². The van der Waals surface area contributed by atoms with E-state index in [4.69, 9.17) is 4.18 Å². The van der Waals surface area contributed by atoms with E-state index in [9.17, 15) is 8.42 Å². The van der Waals surface area contributed by atoms with Crippen LogP contribution in [0.15, 0.2) is 59.5 Å². The van der Waals surface area contributed by atoms with Crippen molar-refractivity contribution >= 4 is 10.1 Å². The lowest BCUT2D eigenvalue weighted by Crippen LogP contribution is -2.17. The molecule has 0 saturated carbocycles. The minimum Gasteiger partial charge on any atom is -0.263 e. The van der Waals surface area contributed by atoms with Crippen molar-refractivity contribution in [1.82, 2.24) is 0 Å². The van der Waals surface area contributed by atoms with Crippen molar-refractivity contribution in [3.63, 3.8) is 0 Å². The summed E-state index contributed by atoms with van der Waals surface area (Å²) < 4.78 is 29.4. The smallest absolute Gasteiger partial charge is 0.263 e. The van der Waals surface area contributed by atoms with Crippen molar-refractivity contribution in [2.75, 3.05) is 0 Å². The third kappa shape index (κ3) is 3.92. The largest absolute Gasteiger partial charge is 0.297 e. The summed E-state index contributed by atoms with van der Waals surface area (Å²) in [7, 11) is -3.69. The van der Waals surface area contributed by atoms with Gasteiger partial charge in [-0.15, -0.1) is 0 Å². The van der Waals surface area contributed by atoms with E-state index in [0.717, 1.165) is 5.56 Å². The van der Waals surface area contributed by atoms with Crippen LogP contribution in [0.4, 0.5) is 0 Å². The van der Waals surface area contributed by atoms with Crippen LogP contribution in [0.2, 0.25) is 0 Å². The third-order valence-corrected chi connectivity index (χ3v) is 4.40. The maximum absolute atomic E-state index is 12.1. The van der Waals surface area contributed by atoms with Gasteiger partial charge in [-0.05, 0) is 38.0 Å². The molecule has 2 aromatic rings. The molecule has 0 amide bonds. The van der Waals surface area contributed by atoms with Crippen molar-refractivity contribution in [2.45, 2.75) is 31.3 Å². The first-order chi connectivity index (χ1) is 9.47. The Kier molecular flexibility index (Phi) is 4.57. The molecule has 0 saturated heterocycles. The van der Waals surface area contributed by atoms with Gasteiger partial charge < -0.3 is 0 Å². The fourth-order valence-corrected chi connectivity index (χ4v) is 3.05. The Hall–Kier alpha value is -1.65. The van der Waals surface area contributed by atoms with Crippen molar-refractivity contribution < 1.29 is 12.6 Å². The predicted molar refractivity (Wildman–Crippen MR) is 79.1 cm³/mol. The zero-order valence-electron chi connectivity index (χ0n) is 11.6. The molecule has 1 atom stereocenters. The molecule has 0 aliphatic heterocycles. The standard InChI is InChI=1S/C16H18O3S/c1-13-8-10-15(11-9-13)12-14(2)19-20(17,18)16-6-4-3-5-7-16/h3-11,14H,12H2,1-2H3. The van der Waals surface area contributed by atoms with Crippen molar-refractivity contribution in [3.05, 3.63) is 65.7 Å². The second-order valence-corrected chi connectivity index (χ2v) is 6.44. The Morgan fingerprint density at radius 2 is 1.60 bits per heavy atom. The monoisotopic (exact) mass is 290 g/mol. The molecule has 0 aliphatic carbocycles. The molecule has 2 rings (SSSR count). The van der Waals surface area contributed by atoms with Gasteiger partial charge in [0.25, 0.3) is 10.1 Å². The predicted octanol–water partition coefficient (Wildman–Crippen LogP) is 3.33. The third-order valence-electron chi connectivity index (χ3n) is 2.97. The Labute approximate surface area is 120 Å². The molecular weight excluding hydrogens is 272 g/mol. The van der Waals surface area contributed by atoms with E-state index in [2.05, 4.69) is 0 Å². The van der Waals surface area contributed by atoms with Gasteiger partial charge >= 0.3 is 0 Å². The van der Waals surface area contributed by atoms with Gasteiger partial charge in [-0.1, -0.05) is 48.0 Å². The first kappa shape index (κ1) is 14.8. The van der Waals surface area contributed by atoms with E-state index < -0.39 is 16.2 Å². The number of benzene rings is 2. The van der Waals surface area contributed by atoms with Crippen molar-refractivity contribution in [1.29, 1.82) is 0 Å². The Balaban J connectivity index is 2.04. The van der Waals surface area contributed by atoms with Gasteiger partial charge in [-0.25, -0.2) is 0 Å². The second kappa shape index (κ2) is 6.20. The first-order valence-corrected chi connectivity index (χ1v) is 7.92. The number of hydrogen-bond acceptors (Lipinski definition) is 3. The molecule has 0 fully saturated rings. The summed E-state index contributed by atoms with van der Waals surface area (Å²) in [6, 6.07) is 16.2. The summed E-state index contributed by atoms with van der Waals surface area (Å²) >= 11 is 0. The van der Waals surface area contributed by atoms with E-state index in [-0.39, 0.29) is 4.90 Å². The van der Waals surface area contributed by atoms with Gasteiger partial charge in [-0.3, -0.25) is 4.18 Å². The van der Waals surface area contributed by atoms with Crippen molar-refractivity contribution in [3.8, 4) is 0 Å². The van der Waals surface area contributed by atoms with Gasteiger partial charge in [0, 0.05) is 0 Å². The summed E-state index contributed by atoms with van der Waals surface area (Å²) in [5, 5.41) is 0. The minimum absolute atomic E-state index is 0.191. The average molecular weight is 290 g/mol. The van der Waals surface area contributed by atoms with E-state index in [1.807, 2.05) is 31.2 Å². The molecule has 0 heterocycles. The van der Waals surface area contributed by atoms with Gasteiger partial charge in [0.1, 0.15) is 0 Å². The molecule has 2 aromatic carbocycles. The highest BCUT2D eigenvalue weighted by Crippen LogP contribution is 2.16. The molecule has 0 aliphatic rings. The highest BCUT2D eigenvalue weighted by Gasteiger charge is 2.18. The summed E-state index contributed by atoms with van der Waals surface area (Å²) in [5.74, 6) is 0. The van der Waals surface area contributed by atoms with Crippen LogP contribution in [-0.2, 0) is 20.7 Å². The zero-order valence-corrected chi connectivity index (χ0v) is 12.4.